The van der Waals surface area contributed by atoms with Gasteiger partial charge in [-0.2, -0.15) is 5.10 Å². The second-order valence-corrected chi connectivity index (χ2v) is 5.44. The van der Waals surface area contributed by atoms with Crippen molar-refractivity contribution in [1.29, 1.82) is 0 Å². The summed E-state index contributed by atoms with van der Waals surface area (Å²) in [4.78, 5) is 0. The molecule has 1 aromatic heterocycles. The Morgan fingerprint density at radius 3 is 2.71 bits per heavy atom. The molecule has 1 N–H and O–H groups in total. The molecule has 2 aromatic rings. The van der Waals surface area contributed by atoms with Crippen LogP contribution in [-0.2, 0) is 13.6 Å². The summed E-state index contributed by atoms with van der Waals surface area (Å²) < 4.78 is 3.17. The van der Waals surface area contributed by atoms with E-state index in [1.807, 2.05) is 17.9 Å². The van der Waals surface area contributed by atoms with Crippen molar-refractivity contribution < 1.29 is 0 Å². The second kappa shape index (κ2) is 5.08. The Bertz CT molecular complexity index is 531. The minimum atomic E-state index is 0.821. The maximum Gasteiger partial charge on any atom is 0.0542 e. The van der Waals surface area contributed by atoms with Crippen LogP contribution in [0.4, 0.5) is 5.69 Å². The molecule has 0 saturated carbocycles. The van der Waals surface area contributed by atoms with Crippen LogP contribution in [0.2, 0.25) is 0 Å². The highest BCUT2D eigenvalue weighted by atomic mass is 127. The lowest BCUT2D eigenvalue weighted by Crippen LogP contribution is -2.02. The van der Waals surface area contributed by atoms with Gasteiger partial charge >= 0.3 is 0 Å². The topological polar surface area (TPSA) is 29.9 Å². The molecule has 0 bridgehead atoms. The monoisotopic (exact) mass is 341 g/mol. The number of hydrogen-bond donors (Lipinski definition) is 1. The summed E-state index contributed by atoms with van der Waals surface area (Å²) in [6.07, 6.45) is 1.92. The number of nitrogens with one attached hydrogen (secondary N) is 1. The van der Waals surface area contributed by atoms with Gasteiger partial charge in [0.2, 0.25) is 0 Å². The average molecular weight is 341 g/mol. The SMILES string of the molecule is Cc1cc(I)ccc1NCc1cnn(C)c1C. The predicted octanol–water partition coefficient (Wildman–Crippen LogP) is 3.25. The maximum atomic E-state index is 4.24. The van der Waals surface area contributed by atoms with Gasteiger partial charge in [-0.05, 0) is 60.2 Å². The molecule has 2 rings (SSSR count). The van der Waals surface area contributed by atoms with Crippen LogP contribution >= 0.6 is 22.6 Å². The zero-order valence-electron chi connectivity index (χ0n) is 10.3. The van der Waals surface area contributed by atoms with E-state index in [-0.39, 0.29) is 0 Å². The number of benzene rings is 1. The lowest BCUT2D eigenvalue weighted by molar-refractivity contribution is 0.738. The Morgan fingerprint density at radius 1 is 1.35 bits per heavy atom. The van der Waals surface area contributed by atoms with Crippen LogP contribution in [0.5, 0.6) is 0 Å². The van der Waals surface area contributed by atoms with E-state index in [0.29, 0.717) is 0 Å². The highest BCUT2D eigenvalue weighted by Crippen LogP contribution is 2.19. The Balaban J connectivity index is 2.10. The van der Waals surface area contributed by atoms with E-state index in [0.717, 1.165) is 6.54 Å². The van der Waals surface area contributed by atoms with Gasteiger partial charge in [-0.3, -0.25) is 4.68 Å². The average Bonchev–Trinajstić information content (AvgIpc) is 2.59. The molecule has 1 heterocycles. The molecule has 1 aromatic carbocycles. The molecule has 0 spiro atoms. The number of nitrogens with zero attached hydrogens (tertiary/aromatic N) is 2. The van der Waals surface area contributed by atoms with Crippen molar-refractivity contribution in [2.24, 2.45) is 7.05 Å². The first-order valence-corrected chi connectivity index (χ1v) is 6.63. The van der Waals surface area contributed by atoms with Gasteiger partial charge in [-0.15, -0.1) is 0 Å². The van der Waals surface area contributed by atoms with Crippen LogP contribution in [-0.4, -0.2) is 9.78 Å². The zero-order valence-corrected chi connectivity index (χ0v) is 12.4. The fourth-order valence-corrected chi connectivity index (χ4v) is 2.38. The van der Waals surface area contributed by atoms with Gasteiger partial charge in [0.05, 0.1) is 6.20 Å². The summed E-state index contributed by atoms with van der Waals surface area (Å²) in [5.74, 6) is 0. The number of hydrogen-bond acceptors (Lipinski definition) is 2. The van der Waals surface area contributed by atoms with Gasteiger partial charge in [0.15, 0.2) is 0 Å². The summed E-state index contributed by atoms with van der Waals surface area (Å²) in [5.41, 5.74) is 4.92. The fourth-order valence-electron chi connectivity index (χ4n) is 1.73. The molecule has 0 unspecified atom stereocenters. The van der Waals surface area contributed by atoms with Gasteiger partial charge in [0.1, 0.15) is 0 Å². The van der Waals surface area contributed by atoms with Crippen LogP contribution in [0.1, 0.15) is 16.8 Å². The minimum absolute atomic E-state index is 0.821. The Morgan fingerprint density at radius 2 is 2.12 bits per heavy atom. The van der Waals surface area contributed by atoms with E-state index < -0.39 is 0 Å². The third-order valence-electron chi connectivity index (χ3n) is 2.99. The largest absolute Gasteiger partial charge is 0.381 e. The lowest BCUT2D eigenvalue weighted by atomic mass is 10.2. The zero-order chi connectivity index (χ0) is 12.4. The van der Waals surface area contributed by atoms with Gasteiger partial charge < -0.3 is 5.32 Å². The summed E-state index contributed by atoms with van der Waals surface area (Å²) in [6, 6.07) is 6.42. The molecule has 0 aliphatic carbocycles. The van der Waals surface area contributed by atoms with E-state index in [2.05, 4.69) is 65.1 Å². The highest BCUT2D eigenvalue weighted by Gasteiger charge is 2.04. The van der Waals surface area contributed by atoms with Crippen molar-refractivity contribution in [3.63, 3.8) is 0 Å². The first-order chi connectivity index (χ1) is 8.08. The standard InChI is InChI=1S/C13H16IN3/c1-9-6-12(14)4-5-13(9)15-7-11-8-16-17(3)10(11)2/h4-6,8,15H,7H2,1-3H3. The van der Waals surface area contributed by atoms with E-state index >= 15 is 0 Å². The number of halogens is 1. The van der Waals surface area contributed by atoms with E-state index in [1.54, 1.807) is 0 Å². The smallest absolute Gasteiger partial charge is 0.0542 e. The summed E-state index contributed by atoms with van der Waals surface area (Å²) in [5, 5.41) is 7.69. The summed E-state index contributed by atoms with van der Waals surface area (Å²) in [7, 11) is 1.97. The molecule has 0 aliphatic rings. The van der Waals surface area contributed by atoms with Gasteiger partial charge in [-0.1, -0.05) is 0 Å². The predicted molar refractivity (Wildman–Crippen MR) is 79.2 cm³/mol. The quantitative estimate of drug-likeness (QED) is 0.869. The van der Waals surface area contributed by atoms with Gasteiger partial charge in [0, 0.05) is 34.1 Å². The summed E-state index contributed by atoms with van der Waals surface area (Å²) in [6.45, 7) is 5.03. The molecular weight excluding hydrogens is 325 g/mol. The first-order valence-electron chi connectivity index (χ1n) is 5.55. The second-order valence-electron chi connectivity index (χ2n) is 4.19. The van der Waals surface area contributed by atoms with Crippen molar-refractivity contribution in [1.82, 2.24) is 9.78 Å². The number of anilines is 1. The lowest BCUT2D eigenvalue weighted by Gasteiger charge is -2.09. The van der Waals surface area contributed by atoms with E-state index in [1.165, 1.54) is 26.1 Å². The molecule has 90 valence electrons. The van der Waals surface area contributed by atoms with Crippen LogP contribution < -0.4 is 5.32 Å². The third kappa shape index (κ3) is 2.80. The van der Waals surface area contributed by atoms with Crippen LogP contribution in [0.3, 0.4) is 0 Å². The van der Waals surface area contributed by atoms with E-state index in [4.69, 9.17) is 0 Å². The third-order valence-corrected chi connectivity index (χ3v) is 3.67. The number of rotatable bonds is 3. The Hall–Kier alpha value is -1.04. The van der Waals surface area contributed by atoms with Crippen molar-refractivity contribution >= 4 is 28.3 Å². The summed E-state index contributed by atoms with van der Waals surface area (Å²) >= 11 is 2.33. The molecule has 0 amide bonds. The molecule has 0 atom stereocenters. The normalized spacial score (nSPS) is 10.6. The molecule has 17 heavy (non-hydrogen) atoms. The minimum Gasteiger partial charge on any atom is -0.381 e. The fraction of sp³-hybridized carbons (Fsp3) is 0.308. The molecule has 4 heteroatoms. The highest BCUT2D eigenvalue weighted by molar-refractivity contribution is 14.1. The van der Waals surface area contributed by atoms with E-state index in [9.17, 15) is 0 Å². The van der Waals surface area contributed by atoms with Gasteiger partial charge in [-0.25, -0.2) is 0 Å². The Kier molecular flexibility index (Phi) is 3.71. The molecular formula is C13H16IN3. The molecule has 0 aliphatic heterocycles. The van der Waals surface area contributed by atoms with Crippen molar-refractivity contribution in [3.05, 3.63) is 44.8 Å². The van der Waals surface area contributed by atoms with Crippen LogP contribution in [0.25, 0.3) is 0 Å². The Labute approximate surface area is 115 Å². The first kappa shape index (κ1) is 12.4. The van der Waals surface area contributed by atoms with Crippen molar-refractivity contribution in [2.45, 2.75) is 20.4 Å². The molecule has 0 radical (unpaired) electrons. The number of aromatic nitrogens is 2. The van der Waals surface area contributed by atoms with Crippen LogP contribution in [0.15, 0.2) is 24.4 Å². The molecule has 0 fully saturated rings. The number of aryl methyl sites for hydroxylation is 2. The van der Waals surface area contributed by atoms with Gasteiger partial charge in [0.25, 0.3) is 0 Å². The maximum absolute atomic E-state index is 4.24. The van der Waals surface area contributed by atoms with Crippen LogP contribution in [0, 0.1) is 17.4 Å². The van der Waals surface area contributed by atoms with Crippen molar-refractivity contribution in [2.75, 3.05) is 5.32 Å². The molecule has 3 nitrogen and oxygen atoms in total. The van der Waals surface area contributed by atoms with Crippen molar-refractivity contribution in [3.8, 4) is 0 Å². The molecule has 0 saturated heterocycles.